The lowest BCUT2D eigenvalue weighted by atomic mass is 9.81. The van der Waals surface area contributed by atoms with Crippen molar-refractivity contribution in [2.45, 2.75) is 31.0 Å². The summed E-state index contributed by atoms with van der Waals surface area (Å²) in [6.07, 6.45) is -0.553. The lowest BCUT2D eigenvalue weighted by Crippen LogP contribution is -2.53. The molecule has 0 spiro atoms. The van der Waals surface area contributed by atoms with Crippen LogP contribution in [0.2, 0.25) is 0 Å². The highest BCUT2D eigenvalue weighted by Crippen LogP contribution is 2.44. The molecule has 10 nitrogen and oxygen atoms in total. The van der Waals surface area contributed by atoms with E-state index in [9.17, 15) is 19.1 Å². The third kappa shape index (κ3) is 8.05. The number of amides is 1. The quantitative estimate of drug-likeness (QED) is 0.0361. The molecule has 12 heteroatoms. The SMILES string of the molecule is [N-]=[N+]=Nc1ccccc1C[C@]1(C(=O)NNCc2cc(F)ccc2F)N=C(c2ccc(OCCCO)cc2)O[C@H]1c1ccc(-c2ccccc2)cc1. The summed E-state index contributed by atoms with van der Waals surface area (Å²) in [7, 11) is 0. The summed E-state index contributed by atoms with van der Waals surface area (Å²) in [6, 6.07) is 34.4. The van der Waals surface area contributed by atoms with Gasteiger partial charge < -0.3 is 14.6 Å². The van der Waals surface area contributed by atoms with Gasteiger partial charge in [-0.15, -0.1) is 0 Å². The maximum Gasteiger partial charge on any atom is 0.266 e. The zero-order chi connectivity index (χ0) is 35.6. The molecule has 258 valence electrons. The third-order valence-electron chi connectivity index (χ3n) is 8.44. The summed E-state index contributed by atoms with van der Waals surface area (Å²) in [5.74, 6) is -1.11. The fraction of sp³-hybridized carbons (Fsp3) is 0.179. The van der Waals surface area contributed by atoms with Gasteiger partial charge in [-0.25, -0.2) is 19.2 Å². The van der Waals surface area contributed by atoms with Crippen molar-refractivity contribution in [3.8, 4) is 16.9 Å². The predicted molar refractivity (Wildman–Crippen MR) is 189 cm³/mol. The number of hydrazine groups is 1. The van der Waals surface area contributed by atoms with E-state index >= 15 is 0 Å². The second-order valence-corrected chi connectivity index (χ2v) is 11.8. The fourth-order valence-corrected chi connectivity index (χ4v) is 5.87. The van der Waals surface area contributed by atoms with E-state index in [2.05, 4.69) is 20.9 Å². The molecule has 3 N–H and O–H groups in total. The van der Waals surface area contributed by atoms with E-state index in [-0.39, 0.29) is 31.0 Å². The van der Waals surface area contributed by atoms with Crippen LogP contribution in [0.5, 0.6) is 5.75 Å². The van der Waals surface area contributed by atoms with Crippen LogP contribution in [-0.4, -0.2) is 35.7 Å². The standard InChI is InChI=1S/C39H34F2N6O4/c40-32-17-20-34(41)31(23-32)25-43-46-38(49)39(24-30-9-4-5-10-35(30)45-47-42)36(28-13-11-27(12-14-28)26-7-2-1-3-8-26)51-37(44-39)29-15-18-33(19-16-29)50-22-6-21-48/h1-5,7-20,23,36,43,48H,6,21-22,24-25H2,(H,46,49)/t36-,39-/m0/s1. The van der Waals surface area contributed by atoms with Crippen molar-refractivity contribution in [3.63, 3.8) is 0 Å². The van der Waals surface area contributed by atoms with Crippen LogP contribution in [0.1, 0.15) is 34.8 Å². The van der Waals surface area contributed by atoms with Crippen LogP contribution in [0.15, 0.2) is 131 Å². The molecule has 1 aliphatic rings. The molecule has 2 atom stereocenters. The number of carbonyl (C=O) groups excluding carboxylic acids is 1. The van der Waals surface area contributed by atoms with Crippen molar-refractivity contribution in [1.29, 1.82) is 0 Å². The Labute approximate surface area is 293 Å². The third-order valence-corrected chi connectivity index (χ3v) is 8.44. The molecule has 0 fully saturated rings. The molecule has 6 rings (SSSR count). The highest BCUT2D eigenvalue weighted by Gasteiger charge is 2.53. The molecule has 51 heavy (non-hydrogen) atoms. The van der Waals surface area contributed by atoms with Gasteiger partial charge in [0.25, 0.3) is 5.91 Å². The maximum atomic E-state index is 14.6. The molecule has 0 aromatic heterocycles. The van der Waals surface area contributed by atoms with Crippen LogP contribution in [0.3, 0.4) is 0 Å². The lowest BCUT2D eigenvalue weighted by Gasteiger charge is -2.31. The van der Waals surface area contributed by atoms with E-state index < -0.39 is 29.2 Å². The van der Waals surface area contributed by atoms with Gasteiger partial charge in [0.05, 0.1) is 6.61 Å². The molecule has 5 aromatic carbocycles. The molecular formula is C39H34F2N6O4. The second kappa shape index (κ2) is 16.1. The van der Waals surface area contributed by atoms with Gasteiger partial charge in [-0.3, -0.25) is 10.2 Å². The molecule has 1 aliphatic heterocycles. The Kier molecular flexibility index (Phi) is 11.0. The molecule has 0 radical (unpaired) electrons. The largest absolute Gasteiger partial charge is 0.494 e. The van der Waals surface area contributed by atoms with Gasteiger partial charge in [0.2, 0.25) is 5.90 Å². The Balaban J connectivity index is 1.42. The Bertz CT molecular complexity index is 2060. The van der Waals surface area contributed by atoms with E-state index in [4.69, 9.17) is 19.6 Å². The number of hydrogen-bond donors (Lipinski definition) is 3. The summed E-state index contributed by atoms with van der Waals surface area (Å²) >= 11 is 0. The zero-order valence-corrected chi connectivity index (χ0v) is 27.4. The van der Waals surface area contributed by atoms with Crippen LogP contribution in [0.4, 0.5) is 14.5 Å². The number of aliphatic hydroxyl groups is 1. The minimum absolute atomic E-state index is 0.00936. The van der Waals surface area contributed by atoms with E-state index in [0.717, 1.165) is 29.3 Å². The number of rotatable bonds is 14. The number of azide groups is 1. The summed E-state index contributed by atoms with van der Waals surface area (Å²) in [5.41, 5.74) is 17.1. The Morgan fingerprint density at radius 2 is 1.61 bits per heavy atom. The fourth-order valence-electron chi connectivity index (χ4n) is 5.87. The van der Waals surface area contributed by atoms with Crippen molar-refractivity contribution in [2.75, 3.05) is 13.2 Å². The first-order valence-corrected chi connectivity index (χ1v) is 16.3. The Morgan fingerprint density at radius 3 is 2.35 bits per heavy atom. The maximum absolute atomic E-state index is 14.6. The van der Waals surface area contributed by atoms with Crippen molar-refractivity contribution >= 4 is 17.5 Å². The van der Waals surface area contributed by atoms with Crippen LogP contribution in [0, 0.1) is 11.6 Å². The average molecular weight is 689 g/mol. The summed E-state index contributed by atoms with van der Waals surface area (Å²) in [4.78, 5) is 22.5. The van der Waals surface area contributed by atoms with Gasteiger partial charge in [0, 0.05) is 47.7 Å². The van der Waals surface area contributed by atoms with E-state index in [1.165, 1.54) is 0 Å². The first-order chi connectivity index (χ1) is 24.9. The van der Waals surface area contributed by atoms with Gasteiger partial charge in [0.15, 0.2) is 11.6 Å². The molecule has 0 aliphatic carbocycles. The van der Waals surface area contributed by atoms with E-state index in [0.29, 0.717) is 41.2 Å². The van der Waals surface area contributed by atoms with Crippen molar-refractivity contribution in [2.24, 2.45) is 10.1 Å². The summed E-state index contributed by atoms with van der Waals surface area (Å²) < 4.78 is 40.6. The summed E-state index contributed by atoms with van der Waals surface area (Å²) in [5, 5.41) is 13.0. The number of aliphatic hydroxyl groups excluding tert-OH is 1. The number of nitrogens with zero attached hydrogens (tertiary/aromatic N) is 4. The minimum atomic E-state index is -1.69. The van der Waals surface area contributed by atoms with Gasteiger partial charge in [-0.05, 0) is 70.2 Å². The molecule has 0 bridgehead atoms. The lowest BCUT2D eigenvalue weighted by molar-refractivity contribution is -0.130. The number of carbonyl (C=O) groups is 1. The molecule has 1 heterocycles. The molecule has 0 saturated heterocycles. The first kappa shape index (κ1) is 34.8. The van der Waals surface area contributed by atoms with Crippen molar-refractivity contribution in [1.82, 2.24) is 10.9 Å². The highest BCUT2D eigenvalue weighted by atomic mass is 19.1. The number of hydrogen-bond acceptors (Lipinski definition) is 7. The zero-order valence-electron chi connectivity index (χ0n) is 27.4. The molecular weight excluding hydrogens is 654 g/mol. The highest BCUT2D eigenvalue weighted by molar-refractivity contribution is 6.01. The first-order valence-electron chi connectivity index (χ1n) is 16.3. The Hall–Kier alpha value is -6.07. The predicted octanol–water partition coefficient (Wildman–Crippen LogP) is 7.66. The Morgan fingerprint density at radius 1 is 0.902 bits per heavy atom. The normalized spacial score (nSPS) is 16.5. The van der Waals surface area contributed by atoms with E-state index in [1.807, 2.05) is 54.6 Å². The average Bonchev–Trinajstić information content (AvgIpc) is 3.55. The van der Waals surface area contributed by atoms with Gasteiger partial charge in [-0.2, -0.15) is 0 Å². The number of aliphatic imine (C=N–C) groups is 1. The molecule has 1 amide bonds. The van der Waals surface area contributed by atoms with Gasteiger partial charge in [0.1, 0.15) is 17.4 Å². The van der Waals surface area contributed by atoms with Gasteiger partial charge >= 0.3 is 0 Å². The topological polar surface area (TPSA) is 141 Å². The van der Waals surface area contributed by atoms with Crippen LogP contribution >= 0.6 is 0 Å². The van der Waals surface area contributed by atoms with E-state index in [1.54, 1.807) is 48.5 Å². The number of benzene rings is 5. The molecule has 5 aromatic rings. The molecule has 0 saturated carbocycles. The minimum Gasteiger partial charge on any atom is -0.494 e. The smallest absolute Gasteiger partial charge is 0.266 e. The van der Waals surface area contributed by atoms with Crippen molar-refractivity contribution < 1.29 is 28.2 Å². The van der Waals surface area contributed by atoms with Crippen LogP contribution in [-0.2, 0) is 22.5 Å². The summed E-state index contributed by atoms with van der Waals surface area (Å²) in [6.45, 7) is 0.135. The molecule has 0 unspecified atom stereocenters. The number of halogens is 2. The van der Waals surface area contributed by atoms with Gasteiger partial charge in [-0.1, -0.05) is 84.0 Å². The van der Waals surface area contributed by atoms with Crippen LogP contribution < -0.4 is 15.6 Å². The van der Waals surface area contributed by atoms with Crippen LogP contribution in [0.25, 0.3) is 21.6 Å². The van der Waals surface area contributed by atoms with Crippen molar-refractivity contribution in [3.05, 3.63) is 166 Å². The monoisotopic (exact) mass is 688 g/mol. The number of ether oxygens (including phenoxy) is 2. The second-order valence-electron chi connectivity index (χ2n) is 11.8. The number of nitrogens with one attached hydrogen (secondary N) is 2.